The number of anilines is 1. The van der Waals surface area contributed by atoms with Gasteiger partial charge in [0.1, 0.15) is 12.3 Å². The Morgan fingerprint density at radius 1 is 0.969 bits per heavy atom. The van der Waals surface area contributed by atoms with Crippen molar-refractivity contribution < 1.29 is 9.53 Å². The van der Waals surface area contributed by atoms with Crippen LogP contribution in [-0.2, 0) is 17.8 Å². The maximum Gasteiger partial charge on any atom is 0.278 e. The molecule has 0 fully saturated rings. The molecule has 0 atom stereocenters. The van der Waals surface area contributed by atoms with Crippen molar-refractivity contribution in [1.82, 2.24) is 9.36 Å². The zero-order valence-electron chi connectivity index (χ0n) is 18.0. The number of hydrogen-bond donors (Lipinski definition) is 1. The number of ether oxygens (including phenoxy) is 1. The van der Waals surface area contributed by atoms with E-state index in [1.807, 2.05) is 86.6 Å². The molecular weight excluding hydrogens is 402 g/mol. The zero-order chi connectivity index (χ0) is 22.2. The Balaban J connectivity index is 1.57. The molecule has 1 aliphatic heterocycles. The molecule has 4 aromatic rings. The molecule has 6 nitrogen and oxygen atoms in total. The van der Waals surface area contributed by atoms with Crippen molar-refractivity contribution in [2.24, 2.45) is 0 Å². The Morgan fingerprint density at radius 3 is 2.53 bits per heavy atom. The highest BCUT2D eigenvalue weighted by Crippen LogP contribution is 2.35. The summed E-state index contributed by atoms with van der Waals surface area (Å²) in [5, 5.41) is 2.98. The molecular formula is C26H23N3O3. The van der Waals surface area contributed by atoms with E-state index < -0.39 is 0 Å². The molecule has 0 radical (unpaired) electrons. The van der Waals surface area contributed by atoms with E-state index in [4.69, 9.17) is 4.74 Å². The normalized spacial score (nSPS) is 11.9. The van der Waals surface area contributed by atoms with Crippen molar-refractivity contribution >= 4 is 11.6 Å². The summed E-state index contributed by atoms with van der Waals surface area (Å²) in [7, 11) is 0. The van der Waals surface area contributed by atoms with E-state index in [2.05, 4.69) is 5.32 Å². The van der Waals surface area contributed by atoms with Crippen molar-refractivity contribution in [3.05, 3.63) is 105 Å². The van der Waals surface area contributed by atoms with Gasteiger partial charge in [-0.05, 0) is 54.8 Å². The van der Waals surface area contributed by atoms with Crippen molar-refractivity contribution in [3.8, 4) is 17.3 Å². The van der Waals surface area contributed by atoms with Crippen LogP contribution in [0.15, 0.2) is 77.6 Å². The Bertz CT molecular complexity index is 1380. The quantitative estimate of drug-likeness (QED) is 0.458. The van der Waals surface area contributed by atoms with E-state index in [0.717, 1.165) is 22.4 Å². The number of hydrogen-bond acceptors (Lipinski definition) is 3. The van der Waals surface area contributed by atoms with Gasteiger partial charge in [0.15, 0.2) is 0 Å². The summed E-state index contributed by atoms with van der Waals surface area (Å²) in [5.74, 6) is 0.881. The minimum absolute atomic E-state index is 0.0605. The molecule has 1 amide bonds. The summed E-state index contributed by atoms with van der Waals surface area (Å²) in [6.07, 6.45) is 0.461. The second-order valence-corrected chi connectivity index (χ2v) is 7.98. The van der Waals surface area contributed by atoms with Gasteiger partial charge in [0, 0.05) is 12.1 Å². The van der Waals surface area contributed by atoms with Crippen LogP contribution in [0.5, 0.6) is 11.6 Å². The van der Waals surface area contributed by atoms with Crippen molar-refractivity contribution in [2.45, 2.75) is 26.8 Å². The van der Waals surface area contributed by atoms with Crippen molar-refractivity contribution in [1.29, 1.82) is 0 Å². The number of para-hydroxylation sites is 2. The molecule has 2 heterocycles. The van der Waals surface area contributed by atoms with Crippen LogP contribution in [0, 0.1) is 13.8 Å². The summed E-state index contributed by atoms with van der Waals surface area (Å²) >= 11 is 0. The highest BCUT2D eigenvalue weighted by molar-refractivity contribution is 5.91. The minimum atomic E-state index is -0.233. The first-order chi connectivity index (χ1) is 15.5. The monoisotopic (exact) mass is 425 g/mol. The van der Waals surface area contributed by atoms with Gasteiger partial charge in [-0.1, -0.05) is 48.5 Å². The average molecular weight is 425 g/mol. The van der Waals surface area contributed by atoms with E-state index >= 15 is 0 Å². The molecule has 0 aliphatic carbocycles. The van der Waals surface area contributed by atoms with Crippen LogP contribution in [0.1, 0.15) is 22.3 Å². The van der Waals surface area contributed by atoms with E-state index in [1.54, 1.807) is 4.68 Å². The average Bonchev–Trinajstić information content (AvgIpc) is 3.06. The minimum Gasteiger partial charge on any atom is -0.439 e. The predicted molar refractivity (Wildman–Crippen MR) is 124 cm³/mol. The molecule has 1 aromatic heterocycles. The molecule has 6 heteroatoms. The van der Waals surface area contributed by atoms with E-state index in [-0.39, 0.29) is 18.0 Å². The fraction of sp³-hybridized carbons (Fsp3) is 0.154. The molecule has 160 valence electrons. The largest absolute Gasteiger partial charge is 0.439 e. The molecule has 0 spiro atoms. The number of nitrogens with zero attached hydrogens (tertiary/aromatic N) is 2. The molecule has 0 saturated carbocycles. The summed E-state index contributed by atoms with van der Waals surface area (Å²) < 4.78 is 9.30. The second kappa shape index (κ2) is 7.89. The molecule has 5 rings (SSSR count). The molecule has 0 unspecified atom stereocenters. The molecule has 32 heavy (non-hydrogen) atoms. The van der Waals surface area contributed by atoms with Gasteiger partial charge < -0.3 is 10.1 Å². The number of amides is 1. The fourth-order valence-corrected chi connectivity index (χ4v) is 4.07. The van der Waals surface area contributed by atoms with Gasteiger partial charge in [-0.25, -0.2) is 9.36 Å². The van der Waals surface area contributed by atoms with Crippen LogP contribution in [-0.4, -0.2) is 15.3 Å². The second-order valence-electron chi connectivity index (χ2n) is 7.98. The number of fused-ring (bicyclic) bond motifs is 2. The van der Waals surface area contributed by atoms with Crippen molar-refractivity contribution in [2.75, 3.05) is 5.32 Å². The molecule has 0 saturated heterocycles. The number of aromatic nitrogens is 2. The van der Waals surface area contributed by atoms with Gasteiger partial charge in [-0.15, -0.1) is 0 Å². The third kappa shape index (κ3) is 3.39. The topological polar surface area (TPSA) is 65.3 Å². The first-order valence-electron chi connectivity index (χ1n) is 10.5. The van der Waals surface area contributed by atoms with Gasteiger partial charge in [0.05, 0.1) is 11.3 Å². The van der Waals surface area contributed by atoms with E-state index in [0.29, 0.717) is 29.3 Å². The number of aryl methyl sites for hydroxylation is 1. The lowest BCUT2D eigenvalue weighted by atomic mass is 10.0. The molecule has 0 bridgehead atoms. The molecule has 1 aliphatic rings. The number of benzene rings is 3. The molecule has 3 aromatic carbocycles. The van der Waals surface area contributed by atoms with Gasteiger partial charge in [0.2, 0.25) is 11.8 Å². The van der Waals surface area contributed by atoms with Crippen LogP contribution in [0.4, 0.5) is 5.69 Å². The third-order valence-electron chi connectivity index (χ3n) is 5.90. The summed E-state index contributed by atoms with van der Waals surface area (Å²) in [6.45, 7) is 3.92. The van der Waals surface area contributed by atoms with Gasteiger partial charge in [-0.3, -0.25) is 9.59 Å². The first-order valence-corrected chi connectivity index (χ1v) is 10.5. The van der Waals surface area contributed by atoms with Gasteiger partial charge in [-0.2, -0.15) is 0 Å². The lowest BCUT2D eigenvalue weighted by molar-refractivity contribution is -0.117. The summed E-state index contributed by atoms with van der Waals surface area (Å²) in [6, 6.07) is 22.8. The Kier molecular flexibility index (Phi) is 4.90. The summed E-state index contributed by atoms with van der Waals surface area (Å²) in [4.78, 5) is 26.5. The predicted octanol–water partition coefficient (Wildman–Crippen LogP) is 4.59. The maximum absolute atomic E-state index is 13.4. The van der Waals surface area contributed by atoms with Crippen molar-refractivity contribution in [3.63, 3.8) is 0 Å². The molecule has 1 N–H and O–H groups in total. The van der Waals surface area contributed by atoms with E-state index in [1.165, 1.54) is 4.68 Å². The van der Waals surface area contributed by atoms with Gasteiger partial charge in [0.25, 0.3) is 5.56 Å². The highest BCUT2D eigenvalue weighted by atomic mass is 16.5. The van der Waals surface area contributed by atoms with Gasteiger partial charge >= 0.3 is 0 Å². The summed E-state index contributed by atoms with van der Waals surface area (Å²) in [5.41, 5.74) is 4.87. The number of carbonyl (C=O) groups excluding carboxylic acids is 1. The van der Waals surface area contributed by atoms with Crippen LogP contribution >= 0.6 is 0 Å². The standard InChI is InChI=1S/C26H23N3O3/c1-17-9-8-13-22(18(17)2)27-24(30)16-28-26-21(15-19-10-6-7-14-23(19)32-26)25(31)29(28)20-11-4-3-5-12-20/h3-14H,15-16H2,1-2H3,(H,27,30). The maximum atomic E-state index is 13.4. The lowest BCUT2D eigenvalue weighted by Gasteiger charge is -2.19. The van der Waals surface area contributed by atoms with Crippen LogP contribution in [0.3, 0.4) is 0 Å². The van der Waals surface area contributed by atoms with Crippen LogP contribution < -0.4 is 15.6 Å². The number of nitrogens with one attached hydrogen (secondary N) is 1. The Hall–Kier alpha value is -4.06. The highest BCUT2D eigenvalue weighted by Gasteiger charge is 2.29. The van der Waals surface area contributed by atoms with E-state index in [9.17, 15) is 9.59 Å². The van der Waals surface area contributed by atoms with Crippen LogP contribution in [0.25, 0.3) is 5.69 Å². The van der Waals surface area contributed by atoms with Crippen LogP contribution in [0.2, 0.25) is 0 Å². The number of carbonyl (C=O) groups is 1. The smallest absolute Gasteiger partial charge is 0.278 e. The Labute approximate surface area is 185 Å². The third-order valence-corrected chi connectivity index (χ3v) is 5.90. The number of rotatable bonds is 4. The fourth-order valence-electron chi connectivity index (χ4n) is 4.07. The lowest BCUT2D eigenvalue weighted by Crippen LogP contribution is -2.27. The Morgan fingerprint density at radius 2 is 1.72 bits per heavy atom. The zero-order valence-corrected chi connectivity index (χ0v) is 18.0. The SMILES string of the molecule is Cc1cccc(NC(=O)Cn2c3c(c(=O)n2-c2ccccc2)Cc2ccccc2O3)c1C. The first kappa shape index (κ1) is 19.9.